The van der Waals surface area contributed by atoms with Crippen LogP contribution in [0.4, 0.5) is 0 Å². The highest BCUT2D eigenvalue weighted by Gasteiger charge is 2.29. The van der Waals surface area contributed by atoms with Crippen molar-refractivity contribution in [3.63, 3.8) is 0 Å². The van der Waals surface area contributed by atoms with Gasteiger partial charge in [-0.25, -0.2) is 9.28 Å². The summed E-state index contributed by atoms with van der Waals surface area (Å²) in [5.41, 5.74) is 0. The van der Waals surface area contributed by atoms with Gasteiger partial charge in [0.15, 0.2) is 26.7 Å². The van der Waals surface area contributed by atoms with Gasteiger partial charge >= 0.3 is 11.9 Å². The maximum Gasteiger partial charge on any atom is 0.362 e. The molecule has 0 saturated carbocycles. The highest BCUT2D eigenvalue weighted by atomic mass is 16.6. The van der Waals surface area contributed by atoms with Crippen molar-refractivity contribution in [2.45, 2.75) is 96.8 Å². The van der Waals surface area contributed by atoms with Gasteiger partial charge in [0, 0.05) is 6.42 Å². The molecule has 0 radical (unpaired) electrons. The molecular formula is C25H50NO8+. The molecule has 0 aromatic rings. The fraction of sp³-hybridized carbons (Fsp3) is 0.920. The van der Waals surface area contributed by atoms with E-state index in [-0.39, 0.29) is 38.9 Å². The SMILES string of the molecule is CCCCCCCCCCCCCCCC(=O)OCCOCCOC(=O)C[N+](CO)(CO)CO. The molecular weight excluding hydrogens is 442 g/mol. The zero-order valence-corrected chi connectivity index (χ0v) is 21.4. The summed E-state index contributed by atoms with van der Waals surface area (Å²) in [5.74, 6) is -0.880. The first-order valence-electron chi connectivity index (χ1n) is 13.1. The molecule has 0 aromatic carbocycles. The number of rotatable bonds is 25. The Kier molecular flexibility index (Phi) is 22.6. The molecule has 0 atom stereocenters. The first kappa shape index (κ1) is 32.7. The van der Waals surface area contributed by atoms with E-state index in [9.17, 15) is 24.9 Å². The lowest BCUT2D eigenvalue weighted by molar-refractivity contribution is -0.970. The molecule has 34 heavy (non-hydrogen) atoms. The second-order valence-corrected chi connectivity index (χ2v) is 8.97. The molecule has 0 aromatic heterocycles. The number of aliphatic hydroxyl groups excluding tert-OH is 3. The Morgan fingerprint density at radius 2 is 1.00 bits per heavy atom. The van der Waals surface area contributed by atoms with E-state index in [1.807, 2.05) is 0 Å². The van der Waals surface area contributed by atoms with Crippen LogP contribution in [0.5, 0.6) is 0 Å². The van der Waals surface area contributed by atoms with Crippen molar-refractivity contribution in [3.8, 4) is 0 Å². The molecule has 0 rings (SSSR count). The monoisotopic (exact) mass is 492 g/mol. The Bertz CT molecular complexity index is 477. The molecule has 9 heteroatoms. The predicted octanol–water partition coefficient (Wildman–Crippen LogP) is 3.24. The highest BCUT2D eigenvalue weighted by molar-refractivity contribution is 5.70. The topological polar surface area (TPSA) is 123 Å². The Balaban J connectivity index is 3.42. The van der Waals surface area contributed by atoms with E-state index in [0.717, 1.165) is 12.8 Å². The van der Waals surface area contributed by atoms with Gasteiger partial charge in [0.2, 0.25) is 0 Å². The van der Waals surface area contributed by atoms with Gasteiger partial charge in [0.1, 0.15) is 13.2 Å². The smallest absolute Gasteiger partial charge is 0.362 e. The number of aliphatic hydroxyl groups is 3. The van der Waals surface area contributed by atoms with Crippen molar-refractivity contribution in [3.05, 3.63) is 0 Å². The minimum atomic E-state index is -0.662. The van der Waals surface area contributed by atoms with Crippen LogP contribution in [-0.4, -0.2) is 84.9 Å². The van der Waals surface area contributed by atoms with E-state index in [0.29, 0.717) is 6.42 Å². The largest absolute Gasteiger partial charge is 0.463 e. The molecule has 0 bridgehead atoms. The lowest BCUT2D eigenvalue weighted by atomic mass is 10.0. The summed E-state index contributed by atoms with van der Waals surface area (Å²) in [7, 11) is 0. The summed E-state index contributed by atoms with van der Waals surface area (Å²) in [5, 5.41) is 27.5. The Labute approximate surface area is 206 Å². The minimum absolute atomic E-state index is 0.00593. The maximum absolute atomic E-state index is 11.7. The number of hydrogen-bond donors (Lipinski definition) is 3. The van der Waals surface area contributed by atoms with Crippen molar-refractivity contribution in [2.75, 3.05) is 53.2 Å². The average molecular weight is 493 g/mol. The highest BCUT2D eigenvalue weighted by Crippen LogP contribution is 2.13. The molecule has 9 nitrogen and oxygen atoms in total. The number of quaternary nitrogens is 1. The van der Waals surface area contributed by atoms with Crippen molar-refractivity contribution in [1.82, 2.24) is 0 Å². The quantitative estimate of drug-likeness (QED) is 0.0768. The summed E-state index contributed by atoms with van der Waals surface area (Å²) >= 11 is 0. The van der Waals surface area contributed by atoms with Crippen molar-refractivity contribution < 1.29 is 43.6 Å². The number of esters is 2. The van der Waals surface area contributed by atoms with Gasteiger partial charge in [-0.15, -0.1) is 0 Å². The van der Waals surface area contributed by atoms with Crippen LogP contribution in [0.3, 0.4) is 0 Å². The summed E-state index contributed by atoms with van der Waals surface area (Å²) in [4.78, 5) is 23.4. The van der Waals surface area contributed by atoms with Gasteiger partial charge in [-0.3, -0.25) is 4.79 Å². The van der Waals surface area contributed by atoms with Crippen molar-refractivity contribution >= 4 is 11.9 Å². The predicted molar refractivity (Wildman–Crippen MR) is 129 cm³/mol. The Hall–Kier alpha value is -1.26. The molecule has 202 valence electrons. The van der Waals surface area contributed by atoms with E-state index in [1.54, 1.807) is 0 Å². The summed E-state index contributed by atoms with van der Waals surface area (Å²) < 4.78 is 14.7. The molecule has 0 unspecified atom stereocenters. The minimum Gasteiger partial charge on any atom is -0.463 e. The van der Waals surface area contributed by atoms with Gasteiger partial charge < -0.3 is 29.5 Å². The van der Waals surface area contributed by atoms with Gasteiger partial charge in [0.05, 0.1) is 13.2 Å². The van der Waals surface area contributed by atoms with Crippen LogP contribution in [0.25, 0.3) is 0 Å². The van der Waals surface area contributed by atoms with Crippen LogP contribution in [0.2, 0.25) is 0 Å². The lowest BCUT2D eigenvalue weighted by Crippen LogP contribution is -2.53. The fourth-order valence-corrected chi connectivity index (χ4v) is 3.49. The molecule has 0 amide bonds. The first-order chi connectivity index (χ1) is 16.5. The number of unbranched alkanes of at least 4 members (excludes halogenated alkanes) is 12. The summed E-state index contributed by atoms with van der Waals surface area (Å²) in [6.07, 6.45) is 16.9. The number of nitrogens with zero attached hydrogens (tertiary/aromatic N) is 1. The molecule has 0 spiro atoms. The molecule has 0 aliphatic carbocycles. The second kappa shape index (κ2) is 23.5. The van der Waals surface area contributed by atoms with Crippen LogP contribution in [0, 0.1) is 0 Å². The van der Waals surface area contributed by atoms with Gasteiger partial charge in [-0.2, -0.15) is 0 Å². The molecule has 0 saturated heterocycles. The van der Waals surface area contributed by atoms with Gasteiger partial charge in [0.25, 0.3) is 0 Å². The van der Waals surface area contributed by atoms with E-state index in [4.69, 9.17) is 14.2 Å². The summed E-state index contributed by atoms with van der Waals surface area (Å²) in [6, 6.07) is 0. The molecule has 0 heterocycles. The van der Waals surface area contributed by atoms with Crippen LogP contribution >= 0.6 is 0 Å². The first-order valence-corrected chi connectivity index (χ1v) is 13.1. The molecule has 0 aliphatic heterocycles. The molecule has 3 N–H and O–H groups in total. The van der Waals surface area contributed by atoms with E-state index < -0.39 is 30.6 Å². The molecule has 0 fully saturated rings. The Morgan fingerprint density at radius 3 is 1.44 bits per heavy atom. The zero-order valence-electron chi connectivity index (χ0n) is 21.4. The molecule has 0 aliphatic rings. The Morgan fingerprint density at radius 1 is 0.588 bits per heavy atom. The standard InChI is InChI=1S/C25H50NO8/c1-2-3-4-5-6-7-8-9-10-11-12-13-14-15-24(30)33-18-16-32-17-19-34-25(31)20-26(21-27,22-28)23-29/h27-29H,2-23H2,1H3/q+1. The van der Waals surface area contributed by atoms with Crippen LogP contribution in [0.15, 0.2) is 0 Å². The second-order valence-electron chi connectivity index (χ2n) is 8.97. The maximum atomic E-state index is 11.7. The normalized spacial score (nSPS) is 11.5. The van der Waals surface area contributed by atoms with Crippen LogP contribution in [-0.2, 0) is 23.8 Å². The fourth-order valence-electron chi connectivity index (χ4n) is 3.49. The van der Waals surface area contributed by atoms with Crippen LogP contribution in [0.1, 0.15) is 96.8 Å². The van der Waals surface area contributed by atoms with Crippen molar-refractivity contribution in [2.24, 2.45) is 0 Å². The van der Waals surface area contributed by atoms with Gasteiger partial charge in [-0.05, 0) is 6.42 Å². The number of ether oxygens (including phenoxy) is 3. The average Bonchev–Trinajstić information content (AvgIpc) is 2.84. The van der Waals surface area contributed by atoms with Crippen LogP contribution < -0.4 is 0 Å². The van der Waals surface area contributed by atoms with E-state index >= 15 is 0 Å². The van der Waals surface area contributed by atoms with E-state index in [2.05, 4.69) is 6.92 Å². The zero-order chi connectivity index (χ0) is 25.3. The van der Waals surface area contributed by atoms with E-state index in [1.165, 1.54) is 70.6 Å². The third-order valence-electron chi connectivity index (χ3n) is 5.83. The number of carbonyl (C=O) groups is 2. The lowest BCUT2D eigenvalue weighted by Gasteiger charge is -2.30. The number of hydrogen-bond acceptors (Lipinski definition) is 8. The van der Waals surface area contributed by atoms with Gasteiger partial charge in [-0.1, -0.05) is 84.0 Å². The summed E-state index contributed by atoms with van der Waals surface area (Å²) in [6.45, 7) is 0.665. The van der Waals surface area contributed by atoms with Crippen molar-refractivity contribution in [1.29, 1.82) is 0 Å². The third kappa shape index (κ3) is 19.1. The number of carbonyl (C=O) groups excluding carboxylic acids is 2. The third-order valence-corrected chi connectivity index (χ3v) is 5.83.